The second kappa shape index (κ2) is 10.4. The molecule has 2 aliphatic rings. The first-order valence-electron chi connectivity index (χ1n) is 11.9. The predicted octanol–water partition coefficient (Wildman–Crippen LogP) is 3.40. The second-order valence-corrected chi connectivity index (χ2v) is 8.93. The Morgan fingerprint density at radius 3 is 2.61 bits per heavy atom. The number of rotatable bonds is 5. The van der Waals surface area contributed by atoms with Gasteiger partial charge in [0.1, 0.15) is 0 Å². The van der Waals surface area contributed by atoms with Crippen molar-refractivity contribution in [2.45, 2.75) is 13.0 Å². The average molecular weight is 446 g/mol. The van der Waals surface area contributed by atoms with Gasteiger partial charge >= 0.3 is 0 Å². The molecule has 33 heavy (non-hydrogen) atoms. The van der Waals surface area contributed by atoms with Crippen molar-refractivity contribution in [1.29, 1.82) is 0 Å². The Balaban J connectivity index is 1.32. The van der Waals surface area contributed by atoms with E-state index in [4.69, 9.17) is 9.47 Å². The summed E-state index contributed by atoms with van der Waals surface area (Å²) in [7, 11) is 0. The van der Waals surface area contributed by atoms with Crippen molar-refractivity contribution in [3.63, 3.8) is 0 Å². The number of carbonyl (C=O) groups is 1. The zero-order chi connectivity index (χ0) is 22.5. The zero-order valence-electron chi connectivity index (χ0n) is 19.0. The molecule has 0 bridgehead atoms. The van der Waals surface area contributed by atoms with Gasteiger partial charge in [-0.1, -0.05) is 42.5 Å². The number of hydrogen-bond donors (Lipinski definition) is 0. The maximum atomic E-state index is 13.6. The quantitative estimate of drug-likeness (QED) is 0.603. The third-order valence-electron chi connectivity index (χ3n) is 6.60. The van der Waals surface area contributed by atoms with Gasteiger partial charge in [-0.2, -0.15) is 0 Å². The SMILES string of the molecule is O=C(c1ccccc1CN1CCOCC1)N1CCOC[C@H](Cc2cccc3cccnc23)C1. The van der Waals surface area contributed by atoms with E-state index in [2.05, 4.69) is 40.2 Å². The van der Waals surface area contributed by atoms with Crippen LogP contribution in [0.15, 0.2) is 60.8 Å². The highest BCUT2D eigenvalue weighted by atomic mass is 16.5. The molecular weight excluding hydrogens is 414 g/mol. The third-order valence-corrected chi connectivity index (χ3v) is 6.60. The second-order valence-electron chi connectivity index (χ2n) is 8.93. The van der Waals surface area contributed by atoms with E-state index in [0.29, 0.717) is 26.3 Å². The lowest BCUT2D eigenvalue weighted by Gasteiger charge is -2.28. The molecule has 0 unspecified atom stereocenters. The molecule has 1 aromatic heterocycles. The van der Waals surface area contributed by atoms with Crippen LogP contribution >= 0.6 is 0 Å². The van der Waals surface area contributed by atoms with Gasteiger partial charge in [0.2, 0.25) is 0 Å². The van der Waals surface area contributed by atoms with Gasteiger partial charge in [0, 0.05) is 55.8 Å². The van der Waals surface area contributed by atoms with Crippen LogP contribution in [0.4, 0.5) is 0 Å². The van der Waals surface area contributed by atoms with Crippen molar-refractivity contribution in [3.8, 4) is 0 Å². The fourth-order valence-corrected chi connectivity index (χ4v) is 4.87. The number of fused-ring (bicyclic) bond motifs is 1. The van der Waals surface area contributed by atoms with Crippen LogP contribution < -0.4 is 0 Å². The van der Waals surface area contributed by atoms with E-state index in [1.165, 1.54) is 5.56 Å². The van der Waals surface area contributed by atoms with Crippen LogP contribution in [-0.2, 0) is 22.4 Å². The highest BCUT2D eigenvalue weighted by Crippen LogP contribution is 2.23. The van der Waals surface area contributed by atoms with E-state index < -0.39 is 0 Å². The van der Waals surface area contributed by atoms with Crippen LogP contribution in [0.2, 0.25) is 0 Å². The average Bonchev–Trinajstić information content (AvgIpc) is 3.10. The Morgan fingerprint density at radius 2 is 1.70 bits per heavy atom. The lowest BCUT2D eigenvalue weighted by molar-refractivity contribution is 0.0339. The molecule has 0 N–H and O–H groups in total. The number of morpholine rings is 1. The van der Waals surface area contributed by atoms with Gasteiger partial charge in [-0.05, 0) is 29.7 Å². The maximum absolute atomic E-state index is 13.6. The molecule has 6 nitrogen and oxygen atoms in total. The number of ether oxygens (including phenoxy) is 2. The molecule has 3 aromatic rings. The van der Waals surface area contributed by atoms with Crippen molar-refractivity contribution in [1.82, 2.24) is 14.8 Å². The van der Waals surface area contributed by atoms with Gasteiger partial charge in [0.25, 0.3) is 5.91 Å². The number of amides is 1. The summed E-state index contributed by atoms with van der Waals surface area (Å²) < 4.78 is 11.4. The van der Waals surface area contributed by atoms with Crippen molar-refractivity contribution in [2.75, 3.05) is 52.6 Å². The number of benzene rings is 2. The molecule has 1 amide bonds. The van der Waals surface area contributed by atoms with E-state index in [1.54, 1.807) is 0 Å². The third kappa shape index (κ3) is 5.24. The maximum Gasteiger partial charge on any atom is 0.254 e. The van der Waals surface area contributed by atoms with Crippen molar-refractivity contribution in [3.05, 3.63) is 77.5 Å². The summed E-state index contributed by atoms with van der Waals surface area (Å²) in [6.07, 6.45) is 2.68. The van der Waals surface area contributed by atoms with Crippen LogP contribution in [0.5, 0.6) is 0 Å². The Bertz CT molecular complexity index is 1090. The van der Waals surface area contributed by atoms with Crippen molar-refractivity contribution < 1.29 is 14.3 Å². The van der Waals surface area contributed by atoms with E-state index >= 15 is 0 Å². The molecule has 0 radical (unpaired) electrons. The molecule has 0 spiro atoms. The minimum absolute atomic E-state index is 0.102. The van der Waals surface area contributed by atoms with Crippen molar-refractivity contribution >= 4 is 16.8 Å². The van der Waals surface area contributed by atoms with Crippen LogP contribution in [0.3, 0.4) is 0 Å². The van der Waals surface area contributed by atoms with Gasteiger partial charge < -0.3 is 14.4 Å². The first-order chi connectivity index (χ1) is 16.3. The Kier molecular flexibility index (Phi) is 6.95. The molecule has 2 saturated heterocycles. The summed E-state index contributed by atoms with van der Waals surface area (Å²) in [5.41, 5.74) is 4.14. The summed E-state index contributed by atoms with van der Waals surface area (Å²) in [4.78, 5) is 22.6. The standard InChI is InChI=1S/C27H31N3O3/c31-27(25-9-2-1-5-24(25)19-29-11-14-32-15-12-29)30-13-16-33-20-21(18-30)17-23-7-3-6-22-8-4-10-28-26(22)23/h1-10,21H,11-20H2/t21-/m1/s1. The molecular formula is C27H31N3O3. The summed E-state index contributed by atoms with van der Waals surface area (Å²) in [6, 6.07) is 18.4. The first kappa shape index (κ1) is 22.0. The molecule has 1 atom stereocenters. The Labute approximate surface area is 195 Å². The van der Waals surface area contributed by atoms with Crippen LogP contribution in [-0.4, -0.2) is 73.3 Å². The Morgan fingerprint density at radius 1 is 0.909 bits per heavy atom. The van der Waals surface area contributed by atoms with Crippen molar-refractivity contribution in [2.24, 2.45) is 5.92 Å². The first-order valence-corrected chi connectivity index (χ1v) is 11.9. The van der Waals surface area contributed by atoms with Gasteiger partial charge in [-0.15, -0.1) is 0 Å². The van der Waals surface area contributed by atoms with Gasteiger partial charge in [0.05, 0.1) is 31.9 Å². The molecule has 0 saturated carbocycles. The topological polar surface area (TPSA) is 54.9 Å². The monoisotopic (exact) mass is 445 g/mol. The van der Waals surface area contributed by atoms with Gasteiger partial charge in [-0.3, -0.25) is 14.7 Å². The zero-order valence-corrected chi connectivity index (χ0v) is 19.0. The molecule has 6 heteroatoms. The highest BCUT2D eigenvalue weighted by molar-refractivity contribution is 5.95. The molecule has 3 heterocycles. The number of aromatic nitrogens is 1. The van der Waals surface area contributed by atoms with E-state index in [1.807, 2.05) is 35.4 Å². The minimum Gasteiger partial charge on any atom is -0.379 e. The molecule has 2 aliphatic heterocycles. The largest absolute Gasteiger partial charge is 0.379 e. The molecule has 2 aromatic carbocycles. The Hall–Kier alpha value is -2.80. The normalized spacial score (nSPS) is 20.0. The van der Waals surface area contributed by atoms with E-state index in [9.17, 15) is 4.79 Å². The number of para-hydroxylation sites is 1. The minimum atomic E-state index is 0.102. The fourth-order valence-electron chi connectivity index (χ4n) is 4.87. The fraction of sp³-hybridized carbons (Fsp3) is 0.407. The number of carbonyl (C=O) groups excluding carboxylic acids is 1. The van der Waals surface area contributed by atoms with E-state index in [-0.39, 0.29) is 11.8 Å². The summed E-state index contributed by atoms with van der Waals surface area (Å²) in [6.45, 7) is 6.63. The lowest BCUT2D eigenvalue weighted by Crippen LogP contribution is -2.38. The number of pyridine rings is 1. The molecule has 5 rings (SSSR count). The van der Waals surface area contributed by atoms with E-state index in [0.717, 1.165) is 61.3 Å². The summed E-state index contributed by atoms with van der Waals surface area (Å²) in [5, 5.41) is 1.15. The lowest BCUT2D eigenvalue weighted by atomic mass is 9.97. The summed E-state index contributed by atoms with van der Waals surface area (Å²) >= 11 is 0. The van der Waals surface area contributed by atoms with Gasteiger partial charge in [-0.25, -0.2) is 0 Å². The summed E-state index contributed by atoms with van der Waals surface area (Å²) in [5.74, 6) is 0.334. The van der Waals surface area contributed by atoms with Crippen LogP contribution in [0.1, 0.15) is 21.5 Å². The molecule has 172 valence electrons. The van der Waals surface area contributed by atoms with Crippen LogP contribution in [0.25, 0.3) is 10.9 Å². The predicted molar refractivity (Wildman–Crippen MR) is 128 cm³/mol. The molecule has 0 aliphatic carbocycles. The van der Waals surface area contributed by atoms with Crippen LogP contribution in [0, 0.1) is 5.92 Å². The molecule has 2 fully saturated rings. The highest BCUT2D eigenvalue weighted by Gasteiger charge is 2.26. The number of nitrogens with zero attached hydrogens (tertiary/aromatic N) is 3. The smallest absolute Gasteiger partial charge is 0.254 e. The number of hydrogen-bond acceptors (Lipinski definition) is 5. The van der Waals surface area contributed by atoms with Gasteiger partial charge in [0.15, 0.2) is 0 Å².